The molecule has 6 nitrogen and oxygen atoms in total. The van der Waals surface area contributed by atoms with Crippen LogP contribution in [0.15, 0.2) is 48.5 Å². The van der Waals surface area contributed by atoms with E-state index in [-0.39, 0.29) is 25.2 Å². The number of benzene rings is 2. The maximum Gasteiger partial charge on any atom is 0.416 e. The van der Waals surface area contributed by atoms with Crippen LogP contribution in [0.25, 0.3) is 0 Å². The Bertz CT molecular complexity index is 918. The van der Waals surface area contributed by atoms with Crippen molar-refractivity contribution in [3.8, 4) is 0 Å². The number of amides is 1. The van der Waals surface area contributed by atoms with Crippen LogP contribution in [0.1, 0.15) is 22.8 Å². The number of piperazine rings is 1. The monoisotopic (exact) mass is 514 g/mol. The summed E-state index contributed by atoms with van der Waals surface area (Å²) in [5.74, 6) is -0.0476. The van der Waals surface area contributed by atoms with Crippen LogP contribution >= 0.6 is 11.6 Å². The lowest BCUT2D eigenvalue weighted by molar-refractivity contribution is -0.139. The second kappa shape index (κ2) is 13.2. The highest BCUT2D eigenvalue weighted by molar-refractivity contribution is 6.30. The molecule has 1 aliphatic rings. The molecule has 35 heavy (non-hydrogen) atoms. The maximum atomic E-state index is 12.8. The number of ether oxygens (including phenoxy) is 3. The molecule has 1 amide bonds. The molecule has 3 rings (SSSR count). The van der Waals surface area contributed by atoms with Crippen molar-refractivity contribution in [1.29, 1.82) is 0 Å². The van der Waals surface area contributed by atoms with Gasteiger partial charge in [0.2, 0.25) is 5.91 Å². The molecular weight excluding hydrogens is 485 g/mol. The normalized spacial score (nSPS) is 15.9. The van der Waals surface area contributed by atoms with E-state index in [1.807, 2.05) is 12.1 Å². The predicted molar refractivity (Wildman–Crippen MR) is 126 cm³/mol. The molecule has 1 fully saturated rings. The SMILES string of the molecule is COCCOCC(=O)N1CCN(C[C@@H](OCc2ccc(C(F)(F)F)cc2)c2ccc(Cl)cc2)CC1. The van der Waals surface area contributed by atoms with E-state index in [1.165, 1.54) is 12.1 Å². The lowest BCUT2D eigenvalue weighted by atomic mass is 10.1. The van der Waals surface area contributed by atoms with Crippen LogP contribution < -0.4 is 0 Å². The van der Waals surface area contributed by atoms with Gasteiger partial charge in [-0.2, -0.15) is 13.2 Å². The molecule has 1 aliphatic heterocycles. The van der Waals surface area contributed by atoms with Gasteiger partial charge in [-0.05, 0) is 35.4 Å². The summed E-state index contributed by atoms with van der Waals surface area (Å²) in [5.41, 5.74) is 0.888. The van der Waals surface area contributed by atoms with Crippen molar-refractivity contribution in [2.45, 2.75) is 18.9 Å². The summed E-state index contributed by atoms with van der Waals surface area (Å²) in [6, 6.07) is 12.3. The van der Waals surface area contributed by atoms with Crippen molar-refractivity contribution < 1.29 is 32.2 Å². The van der Waals surface area contributed by atoms with Gasteiger partial charge >= 0.3 is 6.18 Å². The molecule has 1 saturated heterocycles. The molecule has 0 radical (unpaired) electrons. The molecule has 0 bridgehead atoms. The standard InChI is InChI=1S/C25H30ClF3N2O4/c1-33-14-15-34-18-24(32)31-12-10-30(11-13-31)16-23(20-4-8-22(26)9-5-20)35-17-19-2-6-21(7-3-19)25(27,28)29/h2-9,23H,10-18H2,1H3/t23-/m1/s1. The van der Waals surface area contributed by atoms with Crippen LogP contribution in [0.2, 0.25) is 5.02 Å². The number of hydrogen-bond acceptors (Lipinski definition) is 5. The molecule has 0 unspecified atom stereocenters. The molecule has 0 saturated carbocycles. The van der Waals surface area contributed by atoms with Crippen LogP contribution in [0.4, 0.5) is 13.2 Å². The third-order valence-electron chi connectivity index (χ3n) is 5.78. The van der Waals surface area contributed by atoms with Gasteiger partial charge in [0.1, 0.15) is 6.61 Å². The summed E-state index contributed by atoms with van der Waals surface area (Å²) < 4.78 is 54.9. The Labute approximate surface area is 208 Å². The largest absolute Gasteiger partial charge is 0.416 e. The Morgan fingerprint density at radius 2 is 1.66 bits per heavy atom. The summed E-state index contributed by atoms with van der Waals surface area (Å²) in [7, 11) is 1.58. The first-order valence-corrected chi connectivity index (χ1v) is 11.7. The van der Waals surface area contributed by atoms with E-state index in [2.05, 4.69) is 4.90 Å². The number of halogens is 4. The molecule has 2 aromatic rings. The summed E-state index contributed by atoms with van der Waals surface area (Å²) in [6.07, 6.45) is -4.68. The summed E-state index contributed by atoms with van der Waals surface area (Å²) in [6.45, 7) is 4.12. The number of alkyl halides is 3. The minimum absolute atomic E-state index is 0.0347. The highest BCUT2D eigenvalue weighted by atomic mass is 35.5. The van der Waals surface area contributed by atoms with Crippen molar-refractivity contribution in [1.82, 2.24) is 9.80 Å². The fraction of sp³-hybridized carbons (Fsp3) is 0.480. The van der Waals surface area contributed by atoms with Gasteiger partial charge in [0.25, 0.3) is 0 Å². The van der Waals surface area contributed by atoms with Gasteiger partial charge in [-0.3, -0.25) is 9.69 Å². The summed E-state index contributed by atoms with van der Waals surface area (Å²) in [5, 5.41) is 0.607. The van der Waals surface area contributed by atoms with Crippen LogP contribution in [0.3, 0.4) is 0 Å². The van der Waals surface area contributed by atoms with E-state index in [4.69, 9.17) is 25.8 Å². The van der Waals surface area contributed by atoms with Crippen molar-refractivity contribution in [2.75, 3.05) is 59.7 Å². The van der Waals surface area contributed by atoms with E-state index >= 15 is 0 Å². The lowest BCUT2D eigenvalue weighted by Gasteiger charge is -2.36. The minimum Gasteiger partial charge on any atom is -0.382 e. The summed E-state index contributed by atoms with van der Waals surface area (Å²) >= 11 is 6.03. The zero-order valence-corrected chi connectivity index (χ0v) is 20.4. The minimum atomic E-state index is -4.37. The van der Waals surface area contributed by atoms with E-state index in [1.54, 1.807) is 24.1 Å². The average Bonchev–Trinajstić information content (AvgIpc) is 2.85. The number of carbonyl (C=O) groups excluding carboxylic acids is 1. The average molecular weight is 515 g/mol. The van der Waals surface area contributed by atoms with Crippen molar-refractivity contribution in [3.63, 3.8) is 0 Å². The van der Waals surface area contributed by atoms with Gasteiger partial charge in [-0.25, -0.2) is 0 Å². The van der Waals surface area contributed by atoms with Gasteiger partial charge in [-0.15, -0.1) is 0 Å². The quantitative estimate of drug-likeness (QED) is 0.415. The Hall–Kier alpha value is -2.17. The highest BCUT2D eigenvalue weighted by Crippen LogP contribution is 2.29. The van der Waals surface area contributed by atoms with E-state index in [9.17, 15) is 18.0 Å². The van der Waals surface area contributed by atoms with Crippen LogP contribution in [-0.4, -0.2) is 75.4 Å². The molecule has 2 aromatic carbocycles. The first kappa shape index (κ1) is 27.4. The predicted octanol–water partition coefficient (Wildman–Crippen LogP) is 4.42. The van der Waals surface area contributed by atoms with Gasteiger partial charge in [0.05, 0.1) is 31.5 Å². The number of hydrogen-bond donors (Lipinski definition) is 0. The Balaban J connectivity index is 1.56. The van der Waals surface area contributed by atoms with Gasteiger partial charge < -0.3 is 19.1 Å². The van der Waals surface area contributed by atoms with Crippen LogP contribution in [0.5, 0.6) is 0 Å². The highest BCUT2D eigenvalue weighted by Gasteiger charge is 2.30. The molecule has 1 heterocycles. The number of methoxy groups -OCH3 is 1. The van der Waals surface area contributed by atoms with Crippen molar-refractivity contribution in [3.05, 3.63) is 70.2 Å². The third kappa shape index (κ3) is 8.77. The summed E-state index contributed by atoms with van der Waals surface area (Å²) in [4.78, 5) is 16.3. The van der Waals surface area contributed by atoms with Crippen LogP contribution in [0, 0.1) is 0 Å². The maximum absolute atomic E-state index is 12.8. The van der Waals surface area contributed by atoms with Crippen molar-refractivity contribution in [2.24, 2.45) is 0 Å². The van der Waals surface area contributed by atoms with Gasteiger partial charge in [0, 0.05) is 44.9 Å². The lowest BCUT2D eigenvalue weighted by Crippen LogP contribution is -2.50. The molecular formula is C25H30ClF3N2O4. The zero-order valence-electron chi connectivity index (χ0n) is 19.6. The molecule has 0 spiro atoms. The second-order valence-electron chi connectivity index (χ2n) is 8.27. The Morgan fingerprint density at radius 3 is 2.26 bits per heavy atom. The van der Waals surface area contributed by atoms with Gasteiger partial charge in [-0.1, -0.05) is 35.9 Å². The Morgan fingerprint density at radius 1 is 1.00 bits per heavy atom. The Kier molecular flexibility index (Phi) is 10.4. The molecule has 0 N–H and O–H groups in total. The number of nitrogens with zero attached hydrogens (tertiary/aromatic N) is 2. The third-order valence-corrected chi connectivity index (χ3v) is 6.03. The smallest absolute Gasteiger partial charge is 0.382 e. The van der Waals surface area contributed by atoms with Crippen LogP contribution in [-0.2, 0) is 31.8 Å². The van der Waals surface area contributed by atoms with E-state index in [0.717, 1.165) is 17.7 Å². The molecule has 1 atom stereocenters. The second-order valence-corrected chi connectivity index (χ2v) is 8.71. The van der Waals surface area contributed by atoms with E-state index in [0.29, 0.717) is 56.5 Å². The molecule has 192 valence electrons. The fourth-order valence-corrected chi connectivity index (χ4v) is 3.85. The topological polar surface area (TPSA) is 51.2 Å². The molecule has 0 aromatic heterocycles. The van der Waals surface area contributed by atoms with E-state index < -0.39 is 11.7 Å². The number of rotatable bonds is 11. The first-order valence-electron chi connectivity index (χ1n) is 11.4. The van der Waals surface area contributed by atoms with Crippen molar-refractivity contribution >= 4 is 17.5 Å². The fourth-order valence-electron chi connectivity index (χ4n) is 3.73. The van der Waals surface area contributed by atoms with Gasteiger partial charge in [0.15, 0.2) is 0 Å². The number of carbonyl (C=O) groups is 1. The first-order chi connectivity index (χ1) is 16.8. The molecule has 0 aliphatic carbocycles. The zero-order chi connectivity index (χ0) is 25.3. The molecule has 10 heteroatoms.